The smallest absolute Gasteiger partial charge is 0.333 e. The molecule has 2 amide bonds. The first-order valence-corrected chi connectivity index (χ1v) is 34.0. The van der Waals surface area contributed by atoms with Gasteiger partial charge in [0.2, 0.25) is 5.69 Å². The molecule has 0 bridgehead atoms. The van der Waals surface area contributed by atoms with E-state index >= 15 is 4.39 Å². The molecule has 25 heteroatoms. The number of rotatable bonds is 25. The topological polar surface area (TPSA) is 291 Å². The van der Waals surface area contributed by atoms with Crippen LogP contribution in [-0.4, -0.2) is 128 Å². The summed E-state index contributed by atoms with van der Waals surface area (Å²) in [6.07, 6.45) is 11.2. The molecule has 8 rings (SSSR count). The highest BCUT2D eigenvalue weighted by molar-refractivity contribution is 7.86. The lowest BCUT2D eigenvalue weighted by Crippen LogP contribution is -2.32. The monoisotopic (exact) mass is 1240 g/mol. The van der Waals surface area contributed by atoms with E-state index in [9.17, 15) is 66.3 Å². The largest absolute Gasteiger partial charge is 0.371 e. The van der Waals surface area contributed by atoms with Crippen molar-refractivity contribution >= 4 is 97.4 Å². The third-order valence-corrected chi connectivity index (χ3v) is 19.1. The highest BCUT2D eigenvalue weighted by Crippen LogP contribution is 2.52. The van der Waals surface area contributed by atoms with Crippen LogP contribution in [0.15, 0.2) is 119 Å². The van der Waals surface area contributed by atoms with Crippen LogP contribution in [-0.2, 0) is 70.5 Å². The lowest BCUT2D eigenvalue weighted by Gasteiger charge is -2.28. The molecular formula is C59H70FN4O16S4+. The minimum absolute atomic E-state index is 0.00161. The number of allylic oxidation sites excluding steroid dienone is 8. The Balaban J connectivity index is 1.18. The number of hydroxylamine groups is 2. The Kier molecular flexibility index (Phi) is 19.1. The van der Waals surface area contributed by atoms with Crippen molar-refractivity contribution in [1.82, 2.24) is 5.06 Å². The zero-order chi connectivity index (χ0) is 61.2. The maximum Gasteiger partial charge on any atom is 0.333 e. The van der Waals surface area contributed by atoms with Gasteiger partial charge in [-0.05, 0) is 134 Å². The normalized spacial score (nSPS) is 18.3. The van der Waals surface area contributed by atoms with Crippen LogP contribution in [0.2, 0.25) is 0 Å². The number of halogens is 1. The number of nitrogens with zero attached hydrogens (tertiary/aromatic N) is 4. The molecule has 20 nitrogen and oxygen atoms in total. The lowest BCUT2D eigenvalue weighted by atomic mass is 9.79. The number of anilines is 2. The van der Waals surface area contributed by atoms with Crippen molar-refractivity contribution in [2.24, 2.45) is 0 Å². The maximum atomic E-state index is 16.4. The Labute approximate surface area is 490 Å². The van der Waals surface area contributed by atoms with E-state index in [0.717, 1.165) is 44.8 Å². The second-order valence-electron chi connectivity index (χ2n) is 22.5. The fourth-order valence-corrected chi connectivity index (χ4v) is 13.9. The first kappa shape index (κ1) is 63.6. The van der Waals surface area contributed by atoms with Crippen molar-refractivity contribution in [2.45, 2.75) is 120 Å². The third kappa shape index (κ3) is 15.0. The number of unbranched alkanes of at least 4 members (excludes halogenated alkanes) is 2. The fraction of sp³-hybridized carbons (Fsp3) is 0.424. The molecule has 3 aliphatic heterocycles. The van der Waals surface area contributed by atoms with Gasteiger partial charge < -0.3 is 14.6 Å². The Bertz CT molecular complexity index is 3870. The Morgan fingerprint density at radius 1 is 0.714 bits per heavy atom. The average molecular weight is 1240 g/mol. The van der Waals surface area contributed by atoms with E-state index in [2.05, 4.69) is 18.7 Å². The standard InChI is InChI=1S/C59H69FN4O16S4/c1-58(2)47-39-43(61(31-11-35-81(68,69)70)32-12-36-82(71,72)73)22-26-49(47)62(34-13-37-83(74,75)76)51(58)27-20-40-14-10-15-41(56(40)46-16-7-8-17-48(46)60)21-28-52-59(3,4)57-45-24-23-44(84(77,78)79)38-42(45)19-25-50(57)63(52)33-9-5-6-18-55(67)80-64-53(65)29-30-54(64)66/h7-8,16-17,19-28,38-39H,5-6,9-15,18,29-37H2,1-4H3,(H3-,68,69,70,71,72,73,74,75,76,77,78,79)/p+1. The molecule has 4 aliphatic rings. The summed E-state index contributed by atoms with van der Waals surface area (Å²) < 4.78 is 152. The molecule has 1 saturated heterocycles. The van der Waals surface area contributed by atoms with Gasteiger partial charge in [0.15, 0.2) is 5.71 Å². The average Bonchev–Trinajstić information content (AvgIpc) is 2.00. The highest BCUT2D eigenvalue weighted by atomic mass is 32.2. The zero-order valence-corrected chi connectivity index (χ0v) is 50.4. The number of carbonyl (C=O) groups is 3. The summed E-state index contributed by atoms with van der Waals surface area (Å²) in [6, 6.07) is 20.1. The van der Waals surface area contributed by atoms with Gasteiger partial charge in [0, 0.05) is 91.1 Å². The molecule has 0 saturated carbocycles. The molecule has 84 heavy (non-hydrogen) atoms. The molecule has 4 aromatic rings. The third-order valence-electron chi connectivity index (χ3n) is 15.8. The Hall–Kier alpha value is -6.45. The van der Waals surface area contributed by atoms with Crippen molar-refractivity contribution in [3.63, 3.8) is 0 Å². The minimum atomic E-state index is -4.52. The first-order chi connectivity index (χ1) is 39.3. The van der Waals surface area contributed by atoms with Crippen molar-refractivity contribution < 1.29 is 80.1 Å². The van der Waals surface area contributed by atoms with Gasteiger partial charge in [0.05, 0.1) is 27.6 Å². The summed E-state index contributed by atoms with van der Waals surface area (Å²) in [5.41, 5.74) is 6.58. The number of hydrogen-bond acceptors (Lipinski definition) is 14. The molecule has 452 valence electrons. The molecule has 4 aromatic carbocycles. The van der Waals surface area contributed by atoms with Gasteiger partial charge >= 0.3 is 5.97 Å². The van der Waals surface area contributed by atoms with Crippen LogP contribution in [0.5, 0.6) is 0 Å². The summed E-state index contributed by atoms with van der Waals surface area (Å²) in [6.45, 7) is 8.90. The van der Waals surface area contributed by atoms with E-state index in [-0.39, 0.29) is 63.1 Å². The van der Waals surface area contributed by atoms with Crippen LogP contribution in [0.25, 0.3) is 16.3 Å². The molecule has 0 atom stereocenters. The van der Waals surface area contributed by atoms with Crippen molar-refractivity contribution in [2.75, 3.05) is 53.2 Å². The molecule has 0 spiro atoms. The predicted octanol–water partition coefficient (Wildman–Crippen LogP) is 9.21. The molecular weight excluding hydrogens is 1170 g/mol. The molecule has 4 N–H and O–H groups in total. The number of imide groups is 1. The van der Waals surface area contributed by atoms with Crippen LogP contribution >= 0.6 is 0 Å². The van der Waals surface area contributed by atoms with E-state index in [4.69, 9.17) is 4.84 Å². The molecule has 0 unspecified atom stereocenters. The van der Waals surface area contributed by atoms with Crippen LogP contribution < -0.4 is 9.80 Å². The van der Waals surface area contributed by atoms with E-state index < -0.39 is 92.2 Å². The van der Waals surface area contributed by atoms with E-state index in [1.807, 2.05) is 60.9 Å². The zero-order valence-electron chi connectivity index (χ0n) is 47.2. The Morgan fingerprint density at radius 3 is 2.01 bits per heavy atom. The SMILES string of the molecule is CC1(C)C(/C=C/C2=C(c3ccccc3F)C(=C/C=C3/N(CCCCCC(=O)ON4C(=O)CCC4=O)c4ccc5cc(S(=O)(=O)O)ccc5c4C3(C)C)/CCC2)=[N+](CCCS(=O)(=O)O)c2ccc(N(CCCS(=O)(=O)O)CCCS(=O)(=O)O)cc21. The van der Waals surface area contributed by atoms with Gasteiger partial charge in [-0.1, -0.05) is 62.8 Å². The summed E-state index contributed by atoms with van der Waals surface area (Å²) in [4.78, 5) is 45.5. The number of fused-ring (bicyclic) bond motifs is 4. The second-order valence-corrected chi connectivity index (χ2v) is 28.7. The minimum Gasteiger partial charge on any atom is -0.371 e. The van der Waals surface area contributed by atoms with Gasteiger partial charge in [-0.15, -0.1) is 5.06 Å². The number of benzene rings is 4. The van der Waals surface area contributed by atoms with Gasteiger partial charge in [-0.2, -0.15) is 38.2 Å². The second kappa shape index (κ2) is 25.2. The van der Waals surface area contributed by atoms with Gasteiger partial charge in [-0.25, -0.2) is 9.18 Å². The van der Waals surface area contributed by atoms with E-state index in [0.29, 0.717) is 78.0 Å². The number of hydrogen-bond donors (Lipinski definition) is 4. The highest BCUT2D eigenvalue weighted by Gasteiger charge is 2.45. The number of amides is 2. The lowest BCUT2D eigenvalue weighted by molar-refractivity contribution is -0.437. The van der Waals surface area contributed by atoms with Gasteiger partial charge in [-0.3, -0.25) is 27.8 Å². The number of carbonyl (C=O) groups excluding carboxylic acids is 3. The summed E-state index contributed by atoms with van der Waals surface area (Å²) in [5.74, 6) is -3.89. The Morgan fingerprint density at radius 2 is 1.37 bits per heavy atom. The molecule has 1 aliphatic carbocycles. The van der Waals surface area contributed by atoms with Crippen molar-refractivity contribution in [1.29, 1.82) is 0 Å². The molecule has 1 fully saturated rings. The quantitative estimate of drug-likeness (QED) is 0.0208. The summed E-state index contributed by atoms with van der Waals surface area (Å²) >= 11 is 0. The summed E-state index contributed by atoms with van der Waals surface area (Å²) in [7, 11) is -17.5. The van der Waals surface area contributed by atoms with Crippen molar-refractivity contribution in [3.8, 4) is 0 Å². The molecule has 3 heterocycles. The molecule has 0 aromatic heterocycles. The van der Waals surface area contributed by atoms with Gasteiger partial charge in [0.25, 0.3) is 52.3 Å². The maximum absolute atomic E-state index is 16.4. The first-order valence-electron chi connectivity index (χ1n) is 27.7. The van der Waals surface area contributed by atoms with E-state index in [1.54, 1.807) is 41.3 Å². The predicted molar refractivity (Wildman–Crippen MR) is 317 cm³/mol. The van der Waals surface area contributed by atoms with Crippen LogP contribution in [0.4, 0.5) is 21.5 Å². The van der Waals surface area contributed by atoms with Crippen molar-refractivity contribution in [3.05, 3.63) is 136 Å². The van der Waals surface area contributed by atoms with Crippen LogP contribution in [0.1, 0.15) is 121 Å². The summed E-state index contributed by atoms with van der Waals surface area (Å²) in [5, 5.41) is 1.88. The van der Waals surface area contributed by atoms with Gasteiger partial charge in [0.1, 0.15) is 12.4 Å². The van der Waals surface area contributed by atoms with Crippen LogP contribution in [0, 0.1) is 5.82 Å². The molecule has 0 radical (unpaired) electrons. The van der Waals surface area contributed by atoms with Crippen LogP contribution in [0.3, 0.4) is 0 Å². The fourth-order valence-electron chi connectivity index (χ4n) is 11.9. The van der Waals surface area contributed by atoms with E-state index in [1.165, 1.54) is 18.2 Å².